The third-order valence-corrected chi connectivity index (χ3v) is 6.81. The van der Waals surface area contributed by atoms with E-state index in [4.69, 9.17) is 0 Å². The highest BCUT2D eigenvalue weighted by Gasteiger charge is 2.57. The second-order valence-corrected chi connectivity index (χ2v) is 8.24. The van der Waals surface area contributed by atoms with Crippen LogP contribution in [-0.4, -0.2) is 0 Å². The first kappa shape index (κ1) is 14.4. The first-order valence-corrected chi connectivity index (χ1v) is 9.46. The fourth-order valence-corrected chi connectivity index (χ4v) is 6.16. The maximum absolute atomic E-state index is 3.77. The topological polar surface area (TPSA) is 0 Å². The Morgan fingerprint density at radius 1 is 0.750 bits per heavy atom. The zero-order valence-corrected chi connectivity index (χ0v) is 14.1. The number of benzene rings is 2. The van der Waals surface area contributed by atoms with Crippen LogP contribution in [0.25, 0.3) is 0 Å². The molecule has 0 amide bonds. The van der Waals surface area contributed by atoms with Gasteiger partial charge in [0.1, 0.15) is 0 Å². The third-order valence-electron chi connectivity index (χ3n) is 6.81. The van der Waals surface area contributed by atoms with Crippen molar-refractivity contribution in [1.29, 1.82) is 0 Å². The Kier molecular flexibility index (Phi) is 3.30. The van der Waals surface area contributed by atoms with Crippen LogP contribution in [0.2, 0.25) is 0 Å². The second kappa shape index (κ2) is 5.52. The van der Waals surface area contributed by atoms with Gasteiger partial charge in [-0.25, -0.2) is 0 Å². The van der Waals surface area contributed by atoms with E-state index in [1.54, 1.807) is 5.56 Å². The third kappa shape index (κ3) is 2.22. The molecule has 4 saturated carbocycles. The van der Waals surface area contributed by atoms with Gasteiger partial charge in [0.2, 0.25) is 0 Å². The van der Waals surface area contributed by atoms with Crippen molar-refractivity contribution in [2.24, 2.45) is 23.7 Å². The van der Waals surface area contributed by atoms with Crippen LogP contribution in [0.5, 0.6) is 0 Å². The molecule has 3 atom stereocenters. The summed E-state index contributed by atoms with van der Waals surface area (Å²) in [6.07, 6.45) is 7.03. The molecule has 0 N–H and O–H groups in total. The van der Waals surface area contributed by atoms with Crippen molar-refractivity contribution in [3.63, 3.8) is 0 Å². The molecular formula is C24H24. The number of rotatable bonds is 1. The van der Waals surface area contributed by atoms with Gasteiger partial charge < -0.3 is 0 Å². The molecule has 0 heterocycles. The lowest BCUT2D eigenvalue weighted by Gasteiger charge is -2.60. The molecule has 2 aromatic rings. The summed E-state index contributed by atoms with van der Waals surface area (Å²) in [6, 6.07) is 21.8. The minimum atomic E-state index is 0.317. The van der Waals surface area contributed by atoms with Crippen LogP contribution in [0.15, 0.2) is 60.7 Å². The number of hydrogen-bond donors (Lipinski definition) is 0. The van der Waals surface area contributed by atoms with Gasteiger partial charge in [0.15, 0.2) is 0 Å². The summed E-state index contributed by atoms with van der Waals surface area (Å²) in [5, 5.41) is 0. The molecule has 0 heteroatoms. The van der Waals surface area contributed by atoms with E-state index < -0.39 is 0 Å². The molecule has 0 aliphatic heterocycles. The fraction of sp³-hybridized carbons (Fsp3) is 0.417. The summed E-state index contributed by atoms with van der Waals surface area (Å²) in [7, 11) is 0. The van der Waals surface area contributed by atoms with E-state index in [9.17, 15) is 0 Å². The largest absolute Gasteiger partial charge is 0.0933 e. The second-order valence-electron chi connectivity index (χ2n) is 8.24. The Morgan fingerprint density at radius 3 is 2.04 bits per heavy atom. The normalized spacial score (nSPS) is 36.2. The van der Waals surface area contributed by atoms with Crippen LogP contribution in [-0.2, 0) is 5.41 Å². The Labute approximate surface area is 145 Å². The van der Waals surface area contributed by atoms with Gasteiger partial charge in [0.05, 0.1) is 0 Å². The Morgan fingerprint density at radius 2 is 1.38 bits per heavy atom. The lowest BCUT2D eigenvalue weighted by Crippen LogP contribution is -2.54. The highest BCUT2D eigenvalue weighted by atomic mass is 14.6. The quantitative estimate of drug-likeness (QED) is 0.616. The standard InChI is InChI=1S/C24H24/c1-3-7-18(8-4-1)11-12-23-21-14-19-13-20(15-21)17-24(23,16-19)22-9-5-2-6-10-22/h1-10,19-21,23H,13-17H2. The van der Waals surface area contributed by atoms with E-state index in [1.807, 2.05) is 0 Å². The van der Waals surface area contributed by atoms with E-state index >= 15 is 0 Å². The lowest BCUT2D eigenvalue weighted by atomic mass is 9.43. The van der Waals surface area contributed by atoms with Crippen LogP contribution in [0.4, 0.5) is 0 Å². The van der Waals surface area contributed by atoms with Crippen molar-refractivity contribution in [2.75, 3.05) is 0 Å². The Bertz CT molecular complexity index is 763. The molecular weight excluding hydrogens is 288 g/mol. The molecule has 24 heavy (non-hydrogen) atoms. The minimum Gasteiger partial charge on any atom is -0.0933 e. The van der Waals surface area contributed by atoms with Crippen molar-refractivity contribution >= 4 is 0 Å². The molecule has 4 aliphatic rings. The highest BCUT2D eigenvalue weighted by molar-refractivity contribution is 5.39. The van der Waals surface area contributed by atoms with Crippen LogP contribution in [0, 0.1) is 35.5 Å². The fourth-order valence-electron chi connectivity index (χ4n) is 6.16. The van der Waals surface area contributed by atoms with Crippen LogP contribution in [0.1, 0.15) is 43.2 Å². The molecule has 0 radical (unpaired) electrons. The monoisotopic (exact) mass is 312 g/mol. The molecule has 120 valence electrons. The summed E-state index contributed by atoms with van der Waals surface area (Å²) < 4.78 is 0. The minimum absolute atomic E-state index is 0.317. The van der Waals surface area contributed by atoms with Gasteiger partial charge >= 0.3 is 0 Å². The summed E-state index contributed by atoms with van der Waals surface area (Å²) in [6.45, 7) is 0. The molecule has 3 unspecified atom stereocenters. The first-order valence-electron chi connectivity index (χ1n) is 9.46. The van der Waals surface area contributed by atoms with E-state index in [-0.39, 0.29) is 0 Å². The summed E-state index contributed by atoms with van der Waals surface area (Å²) in [4.78, 5) is 0. The van der Waals surface area contributed by atoms with Gasteiger partial charge in [-0.2, -0.15) is 0 Å². The van der Waals surface area contributed by atoms with Crippen molar-refractivity contribution < 1.29 is 0 Å². The maximum Gasteiger partial charge on any atom is 0.0332 e. The zero-order valence-electron chi connectivity index (χ0n) is 14.1. The molecule has 6 rings (SSSR count). The van der Waals surface area contributed by atoms with Gasteiger partial charge in [0, 0.05) is 16.9 Å². The van der Waals surface area contributed by atoms with Gasteiger partial charge in [-0.15, -0.1) is 0 Å². The molecule has 4 aliphatic carbocycles. The average Bonchev–Trinajstić information content (AvgIpc) is 2.62. The smallest absolute Gasteiger partial charge is 0.0332 e. The van der Waals surface area contributed by atoms with Gasteiger partial charge in [-0.05, 0) is 67.6 Å². The SMILES string of the molecule is C(#CC1C2CC3CC(C2)CC1(c1ccccc1)C3)c1ccccc1. The van der Waals surface area contributed by atoms with Crippen molar-refractivity contribution in [3.8, 4) is 11.8 Å². The highest BCUT2D eigenvalue weighted by Crippen LogP contribution is 2.63. The molecule has 4 fully saturated rings. The molecule has 0 aromatic heterocycles. The van der Waals surface area contributed by atoms with Crippen LogP contribution >= 0.6 is 0 Å². The van der Waals surface area contributed by atoms with Crippen molar-refractivity contribution in [1.82, 2.24) is 0 Å². The van der Waals surface area contributed by atoms with Gasteiger partial charge in [0.25, 0.3) is 0 Å². The Hall–Kier alpha value is -2.00. The average molecular weight is 312 g/mol. The zero-order chi connectivity index (χ0) is 16.0. The van der Waals surface area contributed by atoms with Crippen molar-refractivity contribution in [3.05, 3.63) is 71.8 Å². The summed E-state index contributed by atoms with van der Waals surface area (Å²) in [5.74, 6) is 10.5. The summed E-state index contributed by atoms with van der Waals surface area (Å²) >= 11 is 0. The van der Waals surface area contributed by atoms with E-state index in [0.29, 0.717) is 11.3 Å². The predicted molar refractivity (Wildman–Crippen MR) is 98.5 cm³/mol. The maximum atomic E-state index is 3.77. The van der Waals surface area contributed by atoms with E-state index in [1.165, 1.54) is 32.1 Å². The van der Waals surface area contributed by atoms with Crippen LogP contribution in [0.3, 0.4) is 0 Å². The molecule has 0 spiro atoms. The van der Waals surface area contributed by atoms with Gasteiger partial charge in [-0.1, -0.05) is 60.4 Å². The molecule has 0 saturated heterocycles. The predicted octanol–water partition coefficient (Wildman–Crippen LogP) is 5.43. The molecule has 2 aromatic carbocycles. The molecule has 4 bridgehead atoms. The lowest BCUT2D eigenvalue weighted by molar-refractivity contribution is -0.0378. The number of hydrogen-bond acceptors (Lipinski definition) is 0. The van der Waals surface area contributed by atoms with E-state index in [2.05, 4.69) is 72.5 Å². The van der Waals surface area contributed by atoms with E-state index in [0.717, 1.165) is 23.3 Å². The first-order chi connectivity index (χ1) is 11.8. The summed E-state index contributed by atoms with van der Waals surface area (Å²) in [5.41, 5.74) is 3.03. The van der Waals surface area contributed by atoms with Crippen LogP contribution < -0.4 is 0 Å². The Balaban J connectivity index is 1.58. The molecule has 0 nitrogen and oxygen atoms in total. The van der Waals surface area contributed by atoms with Crippen molar-refractivity contribution in [2.45, 2.75) is 37.5 Å². The van der Waals surface area contributed by atoms with Gasteiger partial charge in [-0.3, -0.25) is 0 Å².